The molecule has 0 fully saturated rings. The van der Waals surface area contributed by atoms with E-state index < -0.39 is 0 Å². The molecule has 3 rings (SSSR count). The zero-order valence-electron chi connectivity index (χ0n) is 13.1. The van der Waals surface area contributed by atoms with Crippen LogP contribution in [-0.4, -0.2) is 14.8 Å². The summed E-state index contributed by atoms with van der Waals surface area (Å²) < 4.78 is 7.48. The predicted molar refractivity (Wildman–Crippen MR) is 86.2 cm³/mol. The zero-order chi connectivity index (χ0) is 15.5. The summed E-state index contributed by atoms with van der Waals surface area (Å²) in [4.78, 5) is 4.21. The van der Waals surface area contributed by atoms with E-state index in [0.717, 1.165) is 22.8 Å². The van der Waals surface area contributed by atoms with Crippen LogP contribution in [0.15, 0.2) is 47.1 Å². The van der Waals surface area contributed by atoms with Gasteiger partial charge in [0.15, 0.2) is 0 Å². The summed E-state index contributed by atoms with van der Waals surface area (Å²) in [5.74, 6) is 1.84. The number of aryl methyl sites for hydroxylation is 1. The van der Waals surface area contributed by atoms with Gasteiger partial charge in [0.1, 0.15) is 5.76 Å². The van der Waals surface area contributed by atoms with Crippen molar-refractivity contribution >= 4 is 5.69 Å². The van der Waals surface area contributed by atoms with E-state index in [1.165, 1.54) is 0 Å². The van der Waals surface area contributed by atoms with E-state index >= 15 is 0 Å². The third kappa shape index (κ3) is 2.88. The number of hydrogen-bond donors (Lipinski definition) is 1. The fraction of sp³-hybridized carbons (Fsp3) is 0.294. The Kier molecular flexibility index (Phi) is 3.96. The van der Waals surface area contributed by atoms with Crippen molar-refractivity contribution in [2.45, 2.75) is 33.2 Å². The van der Waals surface area contributed by atoms with Crippen LogP contribution in [-0.2, 0) is 6.54 Å². The van der Waals surface area contributed by atoms with Gasteiger partial charge in [0.2, 0.25) is 5.89 Å². The summed E-state index contributed by atoms with van der Waals surface area (Å²) in [6.07, 6.45) is 3.59. The largest absolute Gasteiger partial charge is 0.444 e. The average molecular weight is 296 g/mol. The second-order valence-electron chi connectivity index (χ2n) is 5.56. The first kappa shape index (κ1) is 14.4. The van der Waals surface area contributed by atoms with Gasteiger partial charge >= 0.3 is 0 Å². The highest BCUT2D eigenvalue weighted by Crippen LogP contribution is 2.27. The van der Waals surface area contributed by atoms with E-state index in [1.807, 2.05) is 36.0 Å². The summed E-state index contributed by atoms with van der Waals surface area (Å²) in [5.41, 5.74) is 3.22. The van der Waals surface area contributed by atoms with E-state index in [1.54, 1.807) is 6.20 Å². The highest BCUT2D eigenvalue weighted by atomic mass is 16.4. The van der Waals surface area contributed by atoms with Gasteiger partial charge in [-0.05, 0) is 25.0 Å². The summed E-state index contributed by atoms with van der Waals surface area (Å²) in [7, 11) is 0. The molecule has 5 heteroatoms. The standard InChI is InChI=1S/C17H20N4O/c1-12(2)17-15(18-11-16-19-9-13(3)22-16)10-20-21(17)14-7-5-4-6-8-14/h4-10,12,18H,11H2,1-3H3. The van der Waals surface area contributed by atoms with Crippen LogP contribution >= 0.6 is 0 Å². The van der Waals surface area contributed by atoms with E-state index in [9.17, 15) is 0 Å². The van der Waals surface area contributed by atoms with Crippen molar-refractivity contribution in [3.63, 3.8) is 0 Å². The Morgan fingerprint density at radius 1 is 1.18 bits per heavy atom. The summed E-state index contributed by atoms with van der Waals surface area (Å²) in [6, 6.07) is 10.2. The first-order valence-corrected chi connectivity index (χ1v) is 7.43. The zero-order valence-corrected chi connectivity index (χ0v) is 13.1. The van der Waals surface area contributed by atoms with Crippen molar-refractivity contribution < 1.29 is 4.42 Å². The minimum atomic E-state index is 0.344. The van der Waals surface area contributed by atoms with Crippen molar-refractivity contribution in [2.24, 2.45) is 0 Å². The number of nitrogens with zero attached hydrogens (tertiary/aromatic N) is 3. The van der Waals surface area contributed by atoms with Crippen molar-refractivity contribution in [3.05, 3.63) is 60.1 Å². The van der Waals surface area contributed by atoms with Gasteiger partial charge in [-0.3, -0.25) is 0 Å². The van der Waals surface area contributed by atoms with E-state index in [4.69, 9.17) is 4.42 Å². The Morgan fingerprint density at radius 2 is 1.95 bits per heavy atom. The predicted octanol–water partition coefficient (Wildman–Crippen LogP) is 3.90. The monoisotopic (exact) mass is 296 g/mol. The first-order chi connectivity index (χ1) is 10.6. The van der Waals surface area contributed by atoms with Crippen LogP contribution in [0, 0.1) is 6.92 Å². The maximum Gasteiger partial charge on any atom is 0.213 e. The number of nitrogens with one attached hydrogen (secondary N) is 1. The first-order valence-electron chi connectivity index (χ1n) is 7.43. The molecular weight excluding hydrogens is 276 g/mol. The van der Waals surface area contributed by atoms with Gasteiger partial charge in [0.25, 0.3) is 0 Å². The lowest BCUT2D eigenvalue weighted by atomic mass is 10.1. The number of hydrogen-bond acceptors (Lipinski definition) is 4. The fourth-order valence-electron chi connectivity index (χ4n) is 2.48. The molecule has 0 aliphatic rings. The third-order valence-electron chi connectivity index (χ3n) is 3.45. The van der Waals surface area contributed by atoms with Crippen LogP contribution in [0.1, 0.15) is 37.1 Å². The maximum absolute atomic E-state index is 5.50. The molecule has 22 heavy (non-hydrogen) atoms. The van der Waals surface area contributed by atoms with Crippen molar-refractivity contribution in [1.29, 1.82) is 0 Å². The molecule has 0 saturated carbocycles. The Labute approximate surface area is 130 Å². The van der Waals surface area contributed by atoms with Gasteiger partial charge in [-0.2, -0.15) is 5.10 Å². The summed E-state index contributed by atoms with van der Waals surface area (Å²) >= 11 is 0. The molecule has 0 bridgehead atoms. The summed E-state index contributed by atoms with van der Waals surface area (Å²) in [5, 5.41) is 7.90. The molecule has 2 aromatic heterocycles. The van der Waals surface area contributed by atoms with Gasteiger partial charge in [-0.25, -0.2) is 9.67 Å². The molecule has 0 amide bonds. The van der Waals surface area contributed by atoms with Gasteiger partial charge in [0, 0.05) is 0 Å². The highest BCUT2D eigenvalue weighted by molar-refractivity contribution is 5.51. The van der Waals surface area contributed by atoms with Crippen molar-refractivity contribution in [3.8, 4) is 5.69 Å². The number of para-hydroxylation sites is 1. The number of oxazole rings is 1. The Balaban J connectivity index is 1.87. The van der Waals surface area contributed by atoms with Gasteiger partial charge in [-0.15, -0.1) is 0 Å². The van der Waals surface area contributed by atoms with Gasteiger partial charge in [0.05, 0.1) is 36.0 Å². The molecule has 0 aliphatic heterocycles. The second kappa shape index (κ2) is 6.05. The normalized spacial score (nSPS) is 11.1. The lowest BCUT2D eigenvalue weighted by Crippen LogP contribution is -2.07. The topological polar surface area (TPSA) is 55.9 Å². The molecule has 0 unspecified atom stereocenters. The van der Waals surface area contributed by atoms with Crippen LogP contribution in [0.5, 0.6) is 0 Å². The highest BCUT2D eigenvalue weighted by Gasteiger charge is 2.15. The summed E-state index contributed by atoms with van der Waals surface area (Å²) in [6.45, 7) is 6.77. The molecule has 2 heterocycles. The molecule has 0 saturated heterocycles. The molecule has 5 nitrogen and oxygen atoms in total. The molecular formula is C17H20N4O. The minimum absolute atomic E-state index is 0.344. The van der Waals surface area contributed by atoms with E-state index in [-0.39, 0.29) is 0 Å². The van der Waals surface area contributed by atoms with Crippen molar-refractivity contribution in [2.75, 3.05) is 5.32 Å². The third-order valence-corrected chi connectivity index (χ3v) is 3.45. The van der Waals surface area contributed by atoms with Crippen LogP contribution in [0.4, 0.5) is 5.69 Å². The Morgan fingerprint density at radius 3 is 2.59 bits per heavy atom. The molecule has 0 spiro atoms. The van der Waals surface area contributed by atoms with Crippen LogP contribution in [0.3, 0.4) is 0 Å². The van der Waals surface area contributed by atoms with Crippen LogP contribution in [0.25, 0.3) is 5.69 Å². The number of benzene rings is 1. The van der Waals surface area contributed by atoms with Crippen molar-refractivity contribution in [1.82, 2.24) is 14.8 Å². The SMILES string of the molecule is Cc1cnc(CNc2cnn(-c3ccccc3)c2C(C)C)o1. The second-order valence-corrected chi connectivity index (χ2v) is 5.56. The van der Waals surface area contributed by atoms with E-state index in [0.29, 0.717) is 18.4 Å². The number of aromatic nitrogens is 3. The lowest BCUT2D eigenvalue weighted by molar-refractivity contribution is 0.479. The minimum Gasteiger partial charge on any atom is -0.444 e. The van der Waals surface area contributed by atoms with Gasteiger partial charge in [-0.1, -0.05) is 32.0 Å². The molecule has 0 atom stereocenters. The molecule has 0 aliphatic carbocycles. The number of rotatable bonds is 5. The molecule has 1 N–H and O–H groups in total. The quantitative estimate of drug-likeness (QED) is 0.775. The van der Waals surface area contributed by atoms with Gasteiger partial charge < -0.3 is 9.73 Å². The van der Waals surface area contributed by atoms with E-state index in [2.05, 4.69) is 41.4 Å². The average Bonchev–Trinajstić information content (AvgIpc) is 3.12. The Bertz CT molecular complexity index is 743. The number of anilines is 1. The molecule has 3 aromatic rings. The van der Waals surface area contributed by atoms with Crippen LogP contribution in [0.2, 0.25) is 0 Å². The molecule has 114 valence electrons. The Hall–Kier alpha value is -2.56. The fourth-order valence-corrected chi connectivity index (χ4v) is 2.48. The maximum atomic E-state index is 5.50. The smallest absolute Gasteiger partial charge is 0.213 e. The van der Waals surface area contributed by atoms with Crippen LogP contribution < -0.4 is 5.32 Å². The lowest BCUT2D eigenvalue weighted by Gasteiger charge is -2.13. The molecule has 1 aromatic carbocycles. The molecule has 0 radical (unpaired) electrons.